The van der Waals surface area contributed by atoms with Gasteiger partial charge in [0.2, 0.25) is 0 Å². The van der Waals surface area contributed by atoms with E-state index in [9.17, 15) is 0 Å². The van der Waals surface area contributed by atoms with Gasteiger partial charge in [0.15, 0.2) is 0 Å². The summed E-state index contributed by atoms with van der Waals surface area (Å²) in [5.41, 5.74) is 8.43. The van der Waals surface area contributed by atoms with Crippen molar-refractivity contribution >= 4 is 23.0 Å². The Morgan fingerprint density at radius 3 is 2.94 bits per heavy atom. The maximum atomic E-state index is 5.98. The lowest BCUT2D eigenvalue weighted by molar-refractivity contribution is 0.513. The van der Waals surface area contributed by atoms with Gasteiger partial charge in [-0.3, -0.25) is 0 Å². The Bertz CT molecular complexity index is 494. The standard InChI is InChI=1S/C13H15ClN2O/c1-9-7-12(15)11(14)8-13(9)16-5-4-10-3-2-6-17-10/h2-3,6-8,16H,4-5,15H2,1H3. The van der Waals surface area contributed by atoms with Crippen LogP contribution in [0.2, 0.25) is 5.02 Å². The Balaban J connectivity index is 1.97. The summed E-state index contributed by atoms with van der Waals surface area (Å²) < 4.78 is 5.26. The van der Waals surface area contributed by atoms with Crippen molar-refractivity contribution in [2.45, 2.75) is 13.3 Å². The van der Waals surface area contributed by atoms with E-state index in [-0.39, 0.29) is 0 Å². The molecule has 0 bridgehead atoms. The van der Waals surface area contributed by atoms with Crippen LogP contribution >= 0.6 is 11.6 Å². The first-order valence-electron chi connectivity index (χ1n) is 5.48. The molecule has 2 rings (SSSR count). The van der Waals surface area contributed by atoms with Crippen molar-refractivity contribution in [2.75, 3.05) is 17.6 Å². The Hall–Kier alpha value is -1.61. The van der Waals surface area contributed by atoms with Gasteiger partial charge in [-0.05, 0) is 36.8 Å². The van der Waals surface area contributed by atoms with Crippen LogP contribution in [0.4, 0.5) is 11.4 Å². The first-order valence-corrected chi connectivity index (χ1v) is 5.86. The largest absolute Gasteiger partial charge is 0.469 e. The summed E-state index contributed by atoms with van der Waals surface area (Å²) in [5.74, 6) is 0.969. The third-order valence-corrected chi connectivity index (χ3v) is 2.94. The molecule has 17 heavy (non-hydrogen) atoms. The molecule has 0 spiro atoms. The van der Waals surface area contributed by atoms with Gasteiger partial charge in [-0.1, -0.05) is 11.6 Å². The van der Waals surface area contributed by atoms with Crippen molar-refractivity contribution in [1.29, 1.82) is 0 Å². The maximum absolute atomic E-state index is 5.98. The van der Waals surface area contributed by atoms with Crippen LogP contribution in [0.5, 0.6) is 0 Å². The van der Waals surface area contributed by atoms with E-state index in [2.05, 4.69) is 5.32 Å². The number of hydrogen-bond donors (Lipinski definition) is 2. The fraction of sp³-hybridized carbons (Fsp3) is 0.231. The number of nitrogens with one attached hydrogen (secondary N) is 1. The quantitative estimate of drug-likeness (QED) is 0.817. The Morgan fingerprint density at radius 1 is 1.41 bits per heavy atom. The van der Waals surface area contributed by atoms with Gasteiger partial charge in [0.25, 0.3) is 0 Å². The second kappa shape index (κ2) is 5.15. The average molecular weight is 251 g/mol. The summed E-state index contributed by atoms with van der Waals surface area (Å²) in [6.45, 7) is 2.80. The molecule has 0 amide bonds. The number of anilines is 2. The van der Waals surface area contributed by atoms with E-state index in [1.54, 1.807) is 6.26 Å². The summed E-state index contributed by atoms with van der Waals surface area (Å²) in [4.78, 5) is 0. The first kappa shape index (κ1) is 11.9. The van der Waals surface area contributed by atoms with Crippen LogP contribution in [0.1, 0.15) is 11.3 Å². The minimum atomic E-state index is 0.580. The number of benzene rings is 1. The fourth-order valence-corrected chi connectivity index (χ4v) is 1.83. The minimum absolute atomic E-state index is 0.580. The summed E-state index contributed by atoms with van der Waals surface area (Å²) in [6.07, 6.45) is 2.52. The van der Waals surface area contributed by atoms with Crippen LogP contribution in [0.25, 0.3) is 0 Å². The monoisotopic (exact) mass is 250 g/mol. The zero-order valence-corrected chi connectivity index (χ0v) is 10.4. The number of rotatable bonds is 4. The van der Waals surface area contributed by atoms with Crippen LogP contribution in [0.15, 0.2) is 34.9 Å². The van der Waals surface area contributed by atoms with Crippen molar-refractivity contribution in [2.24, 2.45) is 0 Å². The number of hydrogen-bond acceptors (Lipinski definition) is 3. The van der Waals surface area contributed by atoms with Crippen LogP contribution in [-0.4, -0.2) is 6.54 Å². The van der Waals surface area contributed by atoms with Gasteiger partial charge in [0, 0.05) is 18.7 Å². The number of furan rings is 1. The molecule has 4 heteroatoms. The van der Waals surface area contributed by atoms with Crippen LogP contribution in [0, 0.1) is 6.92 Å². The molecule has 0 radical (unpaired) electrons. The maximum Gasteiger partial charge on any atom is 0.105 e. The van der Waals surface area contributed by atoms with Gasteiger partial charge in [-0.25, -0.2) is 0 Å². The van der Waals surface area contributed by atoms with E-state index in [1.807, 2.05) is 31.2 Å². The highest BCUT2D eigenvalue weighted by Gasteiger charge is 2.03. The number of nitrogen functional groups attached to an aromatic ring is 1. The SMILES string of the molecule is Cc1cc(N)c(Cl)cc1NCCc1ccco1. The predicted molar refractivity (Wildman–Crippen MR) is 71.5 cm³/mol. The van der Waals surface area contributed by atoms with Crippen molar-refractivity contribution in [1.82, 2.24) is 0 Å². The van der Waals surface area contributed by atoms with E-state index in [0.29, 0.717) is 10.7 Å². The Kier molecular flexibility index (Phi) is 3.59. The van der Waals surface area contributed by atoms with E-state index in [0.717, 1.165) is 30.0 Å². The third kappa shape index (κ3) is 2.94. The topological polar surface area (TPSA) is 51.2 Å². The summed E-state index contributed by atoms with van der Waals surface area (Å²) in [5, 5.41) is 3.90. The van der Waals surface area contributed by atoms with Gasteiger partial charge >= 0.3 is 0 Å². The fourth-order valence-electron chi connectivity index (χ4n) is 1.67. The normalized spacial score (nSPS) is 10.5. The van der Waals surface area contributed by atoms with Gasteiger partial charge < -0.3 is 15.5 Å². The first-order chi connectivity index (χ1) is 8.16. The molecule has 0 aliphatic heterocycles. The number of nitrogens with two attached hydrogens (primary N) is 1. The van der Waals surface area contributed by atoms with Crippen molar-refractivity contribution in [3.63, 3.8) is 0 Å². The Morgan fingerprint density at radius 2 is 2.24 bits per heavy atom. The van der Waals surface area contributed by atoms with Gasteiger partial charge in [0.05, 0.1) is 17.0 Å². The van der Waals surface area contributed by atoms with Crippen molar-refractivity contribution < 1.29 is 4.42 Å². The molecule has 3 N–H and O–H groups in total. The number of aryl methyl sites for hydroxylation is 1. The second-order valence-corrected chi connectivity index (χ2v) is 4.35. The molecule has 0 unspecified atom stereocenters. The van der Waals surface area contributed by atoms with Crippen molar-refractivity contribution in [3.8, 4) is 0 Å². The molecule has 0 atom stereocenters. The van der Waals surface area contributed by atoms with E-state index >= 15 is 0 Å². The molecular weight excluding hydrogens is 236 g/mol. The molecule has 0 aliphatic carbocycles. The molecule has 3 nitrogen and oxygen atoms in total. The third-order valence-electron chi connectivity index (χ3n) is 2.61. The predicted octanol–water partition coefficient (Wildman–Crippen LogP) is 3.48. The summed E-state index contributed by atoms with van der Waals surface area (Å²) >= 11 is 5.98. The zero-order valence-electron chi connectivity index (χ0n) is 9.66. The lowest BCUT2D eigenvalue weighted by Crippen LogP contribution is -2.06. The molecule has 0 saturated heterocycles. The zero-order chi connectivity index (χ0) is 12.3. The van der Waals surface area contributed by atoms with Gasteiger partial charge in [-0.2, -0.15) is 0 Å². The molecule has 0 aliphatic rings. The summed E-state index contributed by atoms with van der Waals surface area (Å²) in [6, 6.07) is 7.58. The molecule has 1 aromatic heterocycles. The molecule has 0 fully saturated rings. The van der Waals surface area contributed by atoms with Gasteiger partial charge in [-0.15, -0.1) is 0 Å². The van der Waals surface area contributed by atoms with E-state index in [4.69, 9.17) is 21.8 Å². The lowest BCUT2D eigenvalue weighted by Gasteiger charge is -2.10. The van der Waals surface area contributed by atoms with Gasteiger partial charge in [0.1, 0.15) is 5.76 Å². The molecule has 0 saturated carbocycles. The average Bonchev–Trinajstić information content (AvgIpc) is 2.78. The van der Waals surface area contributed by atoms with E-state index < -0.39 is 0 Å². The molecule has 90 valence electrons. The van der Waals surface area contributed by atoms with Crippen LogP contribution in [-0.2, 0) is 6.42 Å². The lowest BCUT2D eigenvalue weighted by atomic mass is 10.1. The minimum Gasteiger partial charge on any atom is -0.469 e. The molecule has 2 aromatic rings. The van der Waals surface area contributed by atoms with Crippen LogP contribution in [0.3, 0.4) is 0 Å². The molecule has 1 aromatic carbocycles. The van der Waals surface area contributed by atoms with Crippen molar-refractivity contribution in [3.05, 3.63) is 46.9 Å². The summed E-state index contributed by atoms with van der Waals surface area (Å²) in [7, 11) is 0. The highest BCUT2D eigenvalue weighted by molar-refractivity contribution is 6.33. The smallest absolute Gasteiger partial charge is 0.105 e. The second-order valence-electron chi connectivity index (χ2n) is 3.94. The van der Waals surface area contributed by atoms with E-state index in [1.165, 1.54) is 0 Å². The molecule has 1 heterocycles. The Labute approximate surface area is 106 Å². The highest BCUT2D eigenvalue weighted by Crippen LogP contribution is 2.26. The molecular formula is C13H15ClN2O. The number of halogens is 1. The highest BCUT2D eigenvalue weighted by atomic mass is 35.5. The van der Waals surface area contributed by atoms with Crippen LogP contribution < -0.4 is 11.1 Å².